The van der Waals surface area contributed by atoms with E-state index in [4.69, 9.17) is 23.2 Å². The monoisotopic (exact) mass is 371 g/mol. The zero-order valence-electron chi connectivity index (χ0n) is 11.6. The van der Waals surface area contributed by atoms with Gasteiger partial charge in [0.05, 0.1) is 23.4 Å². The van der Waals surface area contributed by atoms with Crippen molar-refractivity contribution in [3.8, 4) is 10.6 Å². The van der Waals surface area contributed by atoms with E-state index in [0.717, 1.165) is 17.5 Å². The Labute approximate surface area is 144 Å². The van der Waals surface area contributed by atoms with E-state index in [2.05, 4.69) is 20.0 Å². The predicted octanol–water partition coefficient (Wildman–Crippen LogP) is 4.98. The van der Waals surface area contributed by atoms with E-state index in [1.54, 1.807) is 18.2 Å². The summed E-state index contributed by atoms with van der Waals surface area (Å²) in [5.41, 5.74) is 0.572. The van der Waals surface area contributed by atoms with Crippen molar-refractivity contribution in [2.24, 2.45) is 0 Å². The van der Waals surface area contributed by atoms with Crippen LogP contribution in [0.5, 0.6) is 0 Å². The minimum Gasteiger partial charge on any atom is -0.453 e. The van der Waals surface area contributed by atoms with Gasteiger partial charge in [0.2, 0.25) is 0 Å². The van der Waals surface area contributed by atoms with Gasteiger partial charge in [-0.2, -0.15) is 0 Å². The lowest BCUT2D eigenvalue weighted by Crippen LogP contribution is -2.12. The van der Waals surface area contributed by atoms with Gasteiger partial charge in [0.15, 0.2) is 11.6 Å². The molecule has 1 aromatic carbocycles. The molecule has 1 amide bonds. The smallest absolute Gasteiger partial charge is 0.412 e. The molecule has 118 valence electrons. The van der Waals surface area contributed by atoms with Gasteiger partial charge in [-0.15, -0.1) is 11.3 Å². The molecule has 0 fully saturated rings. The van der Waals surface area contributed by atoms with Crippen molar-refractivity contribution >= 4 is 56.7 Å². The first-order valence-electron chi connectivity index (χ1n) is 6.25. The number of hydrogen-bond donors (Lipinski definition) is 1. The predicted molar refractivity (Wildman–Crippen MR) is 88.9 cm³/mol. The molecule has 0 saturated carbocycles. The molecule has 1 N–H and O–H groups in total. The normalized spacial score (nSPS) is 10.8. The van der Waals surface area contributed by atoms with Crippen LogP contribution in [0.4, 0.5) is 15.0 Å². The summed E-state index contributed by atoms with van der Waals surface area (Å²) in [5, 5.41) is 3.64. The summed E-state index contributed by atoms with van der Waals surface area (Å²) < 4.78 is 18.9. The maximum absolute atomic E-state index is 14.0. The van der Waals surface area contributed by atoms with Gasteiger partial charge >= 0.3 is 6.09 Å². The van der Waals surface area contributed by atoms with Gasteiger partial charge < -0.3 is 4.74 Å². The van der Waals surface area contributed by atoms with Crippen molar-refractivity contribution in [3.63, 3.8) is 0 Å². The van der Waals surface area contributed by atoms with Crippen molar-refractivity contribution in [1.82, 2.24) is 9.97 Å². The van der Waals surface area contributed by atoms with Gasteiger partial charge in [-0.25, -0.2) is 19.2 Å². The van der Waals surface area contributed by atoms with Crippen LogP contribution in [0.2, 0.25) is 10.0 Å². The third-order valence-electron chi connectivity index (χ3n) is 2.96. The largest absolute Gasteiger partial charge is 0.453 e. The number of anilines is 1. The van der Waals surface area contributed by atoms with Gasteiger partial charge in [-0.05, 0) is 12.1 Å². The summed E-state index contributed by atoms with van der Waals surface area (Å²) in [4.78, 5) is 19.5. The number of nitrogens with one attached hydrogen (secondary N) is 1. The molecule has 0 radical (unpaired) electrons. The molecule has 9 heteroatoms. The number of ether oxygens (including phenoxy) is 1. The van der Waals surface area contributed by atoms with E-state index in [-0.39, 0.29) is 11.3 Å². The number of fused-ring (bicyclic) bond motifs is 1. The molecular weight excluding hydrogens is 364 g/mol. The van der Waals surface area contributed by atoms with Crippen molar-refractivity contribution in [2.45, 2.75) is 0 Å². The second-order valence-electron chi connectivity index (χ2n) is 4.36. The Morgan fingerprint density at radius 3 is 2.70 bits per heavy atom. The number of nitrogens with zero attached hydrogens (tertiary/aromatic N) is 2. The first-order chi connectivity index (χ1) is 11.0. The highest BCUT2D eigenvalue weighted by molar-refractivity contribution is 7.22. The average molecular weight is 372 g/mol. The summed E-state index contributed by atoms with van der Waals surface area (Å²) >= 11 is 13.4. The van der Waals surface area contributed by atoms with Crippen LogP contribution in [-0.4, -0.2) is 23.2 Å². The summed E-state index contributed by atoms with van der Waals surface area (Å²) in [6.45, 7) is 0. The first kappa shape index (κ1) is 15.9. The Morgan fingerprint density at radius 1 is 1.35 bits per heavy atom. The van der Waals surface area contributed by atoms with E-state index in [0.29, 0.717) is 25.3 Å². The molecule has 2 aromatic heterocycles. The molecule has 0 spiro atoms. The number of rotatable bonds is 2. The molecule has 0 unspecified atom stereocenters. The molecule has 2 heterocycles. The van der Waals surface area contributed by atoms with Crippen LogP contribution in [0, 0.1) is 5.82 Å². The summed E-state index contributed by atoms with van der Waals surface area (Å²) in [6.07, 6.45) is 0.266. The van der Waals surface area contributed by atoms with E-state index < -0.39 is 11.9 Å². The second kappa shape index (κ2) is 6.27. The lowest BCUT2D eigenvalue weighted by atomic mass is 10.2. The SMILES string of the molecule is COC(=O)Nc1ncc(F)c2nc(-c3c(Cl)cccc3Cl)sc12. The van der Waals surface area contributed by atoms with Crippen LogP contribution >= 0.6 is 34.5 Å². The Balaban J connectivity index is 2.20. The zero-order chi connectivity index (χ0) is 16.6. The summed E-state index contributed by atoms with van der Waals surface area (Å²) in [7, 11) is 1.22. The molecule has 5 nitrogen and oxygen atoms in total. The number of aromatic nitrogens is 2. The van der Waals surface area contributed by atoms with Crippen molar-refractivity contribution in [2.75, 3.05) is 12.4 Å². The highest BCUT2D eigenvalue weighted by Crippen LogP contribution is 2.40. The minimum absolute atomic E-state index is 0.0717. The van der Waals surface area contributed by atoms with Gasteiger partial charge in [-0.3, -0.25) is 5.32 Å². The van der Waals surface area contributed by atoms with Gasteiger partial charge in [0, 0.05) is 5.56 Å². The number of carbonyl (C=O) groups excluding carboxylic acids is 1. The Morgan fingerprint density at radius 2 is 2.04 bits per heavy atom. The number of carbonyl (C=O) groups is 1. The number of methoxy groups -OCH3 is 1. The van der Waals surface area contributed by atoms with Crippen LogP contribution in [0.25, 0.3) is 20.8 Å². The van der Waals surface area contributed by atoms with Gasteiger partial charge in [0.1, 0.15) is 15.2 Å². The number of benzene rings is 1. The molecule has 3 rings (SSSR count). The highest BCUT2D eigenvalue weighted by Gasteiger charge is 2.19. The quantitative estimate of drug-likeness (QED) is 0.689. The molecule has 0 aliphatic heterocycles. The fourth-order valence-corrected chi connectivity index (χ4v) is 3.71. The molecule has 0 saturated heterocycles. The molecule has 0 aliphatic rings. The molecular formula is C14H8Cl2FN3O2S. The summed E-state index contributed by atoms with van der Waals surface area (Å²) in [5.74, 6) is -0.457. The third kappa shape index (κ3) is 2.95. The topological polar surface area (TPSA) is 64.1 Å². The number of pyridine rings is 1. The highest BCUT2D eigenvalue weighted by atomic mass is 35.5. The molecule has 0 atom stereocenters. The summed E-state index contributed by atoms with van der Waals surface area (Å²) in [6, 6.07) is 5.03. The maximum atomic E-state index is 14.0. The molecule has 0 bridgehead atoms. The van der Waals surface area contributed by atoms with Gasteiger partial charge in [0.25, 0.3) is 0 Å². The zero-order valence-corrected chi connectivity index (χ0v) is 13.9. The standard InChI is InChI=1S/C14H8Cl2FN3O2S/c1-22-14(21)20-12-11-10(8(17)5-18-12)19-13(23-11)9-6(15)3-2-4-7(9)16/h2-5H,1H3,(H,18,20,21). The number of amides is 1. The third-order valence-corrected chi connectivity index (χ3v) is 4.67. The maximum Gasteiger partial charge on any atom is 0.412 e. The second-order valence-corrected chi connectivity index (χ2v) is 6.18. The van der Waals surface area contributed by atoms with Crippen LogP contribution < -0.4 is 5.32 Å². The van der Waals surface area contributed by atoms with Crippen molar-refractivity contribution in [3.05, 3.63) is 40.3 Å². The average Bonchev–Trinajstić information content (AvgIpc) is 2.95. The van der Waals surface area contributed by atoms with Crippen LogP contribution in [0.1, 0.15) is 0 Å². The number of hydrogen-bond acceptors (Lipinski definition) is 5. The lowest BCUT2D eigenvalue weighted by Gasteiger charge is -2.03. The number of thiazole rings is 1. The van der Waals surface area contributed by atoms with Crippen molar-refractivity contribution < 1.29 is 13.9 Å². The van der Waals surface area contributed by atoms with Crippen LogP contribution in [0.3, 0.4) is 0 Å². The Bertz CT molecular complexity index is 896. The Hall–Kier alpha value is -1.96. The van der Waals surface area contributed by atoms with E-state index in [1.165, 1.54) is 7.11 Å². The minimum atomic E-state index is -0.712. The first-order valence-corrected chi connectivity index (χ1v) is 7.83. The fraction of sp³-hybridized carbons (Fsp3) is 0.0714. The Kier molecular flexibility index (Phi) is 4.34. The van der Waals surface area contributed by atoms with E-state index in [9.17, 15) is 9.18 Å². The number of halogens is 3. The molecule has 3 aromatic rings. The van der Waals surface area contributed by atoms with Gasteiger partial charge in [-0.1, -0.05) is 29.3 Å². The molecule has 23 heavy (non-hydrogen) atoms. The van der Waals surface area contributed by atoms with Crippen molar-refractivity contribution in [1.29, 1.82) is 0 Å². The van der Waals surface area contributed by atoms with E-state index in [1.807, 2.05) is 0 Å². The van der Waals surface area contributed by atoms with E-state index >= 15 is 0 Å². The lowest BCUT2D eigenvalue weighted by molar-refractivity contribution is 0.187. The van der Waals surface area contributed by atoms with Crippen LogP contribution in [0.15, 0.2) is 24.4 Å². The fourth-order valence-electron chi connectivity index (χ4n) is 1.93. The van der Waals surface area contributed by atoms with Crippen LogP contribution in [-0.2, 0) is 4.74 Å². The molecule has 0 aliphatic carbocycles.